The molecule has 0 heterocycles. The minimum absolute atomic E-state index is 0.0102. The highest BCUT2D eigenvalue weighted by molar-refractivity contribution is 5.95. The number of carbonyl (C=O) groups is 5. The third-order valence-electron chi connectivity index (χ3n) is 4.72. The van der Waals surface area contributed by atoms with Crippen LogP contribution in [0.15, 0.2) is 30.3 Å². The highest BCUT2D eigenvalue weighted by Crippen LogP contribution is 2.08. The molecule has 1 rings (SSSR count). The molecule has 4 amide bonds. The molecule has 0 fully saturated rings. The SMILES string of the molecule is CC(C)C(NC(=O)C(N)CO)C(=O)NC(Cc1ccccc1)C(=O)NC(CC(N)=O)C(=O)O. The van der Waals surface area contributed by atoms with Crippen molar-refractivity contribution < 1.29 is 34.2 Å². The summed E-state index contributed by atoms with van der Waals surface area (Å²) in [5, 5.41) is 25.5. The number of rotatable bonds is 13. The second-order valence-corrected chi connectivity index (χ2v) is 7.84. The summed E-state index contributed by atoms with van der Waals surface area (Å²) in [5.41, 5.74) is 11.2. The number of hydrogen-bond acceptors (Lipinski definition) is 7. The lowest BCUT2D eigenvalue weighted by atomic mass is 10.0. The van der Waals surface area contributed by atoms with Gasteiger partial charge >= 0.3 is 5.97 Å². The number of hydrogen-bond donors (Lipinski definition) is 7. The highest BCUT2D eigenvalue weighted by Gasteiger charge is 2.32. The third kappa shape index (κ3) is 9.25. The Kier molecular flexibility index (Phi) is 11.0. The van der Waals surface area contributed by atoms with Crippen molar-refractivity contribution >= 4 is 29.6 Å². The molecule has 182 valence electrons. The summed E-state index contributed by atoms with van der Waals surface area (Å²) in [6, 6.07) is 3.54. The Bertz CT molecular complexity index is 847. The van der Waals surface area contributed by atoms with Crippen molar-refractivity contribution in [2.75, 3.05) is 6.61 Å². The van der Waals surface area contributed by atoms with Crippen molar-refractivity contribution in [1.29, 1.82) is 0 Å². The van der Waals surface area contributed by atoms with Crippen LogP contribution in [0.1, 0.15) is 25.8 Å². The summed E-state index contributed by atoms with van der Waals surface area (Å²) >= 11 is 0. The third-order valence-corrected chi connectivity index (χ3v) is 4.72. The summed E-state index contributed by atoms with van der Waals surface area (Å²) in [4.78, 5) is 60.4. The van der Waals surface area contributed by atoms with E-state index in [2.05, 4.69) is 16.0 Å². The number of nitrogens with two attached hydrogens (primary N) is 2. The van der Waals surface area contributed by atoms with Crippen LogP contribution < -0.4 is 27.4 Å². The molecular weight excluding hydrogens is 434 g/mol. The lowest BCUT2D eigenvalue weighted by molar-refractivity contribution is -0.143. The topological polar surface area (TPSA) is 214 Å². The van der Waals surface area contributed by atoms with Gasteiger partial charge in [0.2, 0.25) is 23.6 Å². The molecule has 4 unspecified atom stereocenters. The Morgan fingerprint density at radius 3 is 1.97 bits per heavy atom. The predicted molar refractivity (Wildman–Crippen MR) is 117 cm³/mol. The first-order chi connectivity index (χ1) is 15.5. The van der Waals surface area contributed by atoms with Crippen LogP contribution in [0.5, 0.6) is 0 Å². The van der Waals surface area contributed by atoms with Crippen LogP contribution in [-0.4, -0.2) is 70.6 Å². The van der Waals surface area contributed by atoms with Crippen molar-refractivity contribution in [1.82, 2.24) is 16.0 Å². The fourth-order valence-corrected chi connectivity index (χ4v) is 2.87. The fourth-order valence-electron chi connectivity index (χ4n) is 2.87. The molecule has 4 atom stereocenters. The average molecular weight is 466 g/mol. The zero-order valence-corrected chi connectivity index (χ0v) is 18.5. The maximum atomic E-state index is 12.9. The van der Waals surface area contributed by atoms with E-state index in [1.807, 2.05) is 0 Å². The molecule has 0 bridgehead atoms. The van der Waals surface area contributed by atoms with Gasteiger partial charge in [0.05, 0.1) is 13.0 Å². The molecule has 0 aliphatic heterocycles. The summed E-state index contributed by atoms with van der Waals surface area (Å²) < 4.78 is 0. The number of benzene rings is 1. The molecule has 33 heavy (non-hydrogen) atoms. The zero-order chi connectivity index (χ0) is 25.1. The number of carboxylic acids is 1. The quantitative estimate of drug-likeness (QED) is 0.167. The smallest absolute Gasteiger partial charge is 0.326 e. The number of primary amides is 1. The lowest BCUT2D eigenvalue weighted by Crippen LogP contribution is -2.59. The van der Waals surface area contributed by atoms with Crippen LogP contribution in [-0.2, 0) is 30.4 Å². The Hall–Kier alpha value is -3.51. The van der Waals surface area contributed by atoms with Crippen LogP contribution in [0, 0.1) is 5.92 Å². The van der Waals surface area contributed by atoms with Gasteiger partial charge in [0.25, 0.3) is 0 Å². The number of aliphatic hydroxyl groups is 1. The van der Waals surface area contributed by atoms with E-state index in [1.165, 1.54) is 0 Å². The minimum atomic E-state index is -1.58. The van der Waals surface area contributed by atoms with Crippen molar-refractivity contribution in [2.24, 2.45) is 17.4 Å². The summed E-state index contributed by atoms with van der Waals surface area (Å²) in [5.74, 6) is -5.08. The van der Waals surface area contributed by atoms with Crippen LogP contribution in [0.2, 0.25) is 0 Å². The minimum Gasteiger partial charge on any atom is -0.480 e. The van der Waals surface area contributed by atoms with Crippen LogP contribution in [0.25, 0.3) is 0 Å². The number of aliphatic carboxylic acids is 1. The molecule has 0 spiro atoms. The lowest BCUT2D eigenvalue weighted by Gasteiger charge is -2.26. The van der Waals surface area contributed by atoms with Gasteiger partial charge in [-0.3, -0.25) is 19.2 Å². The monoisotopic (exact) mass is 465 g/mol. The van der Waals surface area contributed by atoms with E-state index in [0.717, 1.165) is 0 Å². The molecule has 9 N–H and O–H groups in total. The first-order valence-electron chi connectivity index (χ1n) is 10.3. The van der Waals surface area contributed by atoms with Gasteiger partial charge in [-0.15, -0.1) is 0 Å². The Morgan fingerprint density at radius 2 is 1.48 bits per heavy atom. The van der Waals surface area contributed by atoms with Crippen molar-refractivity contribution in [3.63, 3.8) is 0 Å². The maximum Gasteiger partial charge on any atom is 0.326 e. The van der Waals surface area contributed by atoms with Crippen molar-refractivity contribution in [3.05, 3.63) is 35.9 Å². The fraction of sp³-hybridized carbons (Fsp3) is 0.476. The van der Waals surface area contributed by atoms with Gasteiger partial charge in [0.15, 0.2) is 0 Å². The molecule has 12 nitrogen and oxygen atoms in total. The van der Waals surface area contributed by atoms with E-state index in [4.69, 9.17) is 16.6 Å². The Balaban J connectivity index is 3.10. The number of carbonyl (C=O) groups excluding carboxylic acids is 4. The Morgan fingerprint density at radius 1 is 0.909 bits per heavy atom. The molecule has 0 aliphatic carbocycles. The molecule has 1 aromatic rings. The first-order valence-corrected chi connectivity index (χ1v) is 10.3. The van der Waals surface area contributed by atoms with E-state index in [-0.39, 0.29) is 6.42 Å². The van der Waals surface area contributed by atoms with Crippen LogP contribution in [0.4, 0.5) is 0 Å². The number of nitrogens with one attached hydrogen (secondary N) is 3. The van der Waals surface area contributed by atoms with Gasteiger partial charge in [-0.2, -0.15) is 0 Å². The molecule has 0 aromatic heterocycles. The van der Waals surface area contributed by atoms with Gasteiger partial charge in [0.1, 0.15) is 24.2 Å². The maximum absolute atomic E-state index is 12.9. The number of amides is 4. The largest absolute Gasteiger partial charge is 0.480 e. The van der Waals surface area contributed by atoms with Gasteiger partial charge in [-0.05, 0) is 11.5 Å². The van der Waals surface area contributed by atoms with E-state index in [0.29, 0.717) is 5.56 Å². The molecule has 0 aliphatic rings. The van der Waals surface area contributed by atoms with Crippen molar-refractivity contribution in [2.45, 2.75) is 50.9 Å². The molecule has 12 heteroatoms. The zero-order valence-electron chi connectivity index (χ0n) is 18.5. The van der Waals surface area contributed by atoms with Crippen molar-refractivity contribution in [3.8, 4) is 0 Å². The molecule has 0 saturated carbocycles. The van der Waals surface area contributed by atoms with Crippen LogP contribution in [0.3, 0.4) is 0 Å². The summed E-state index contributed by atoms with van der Waals surface area (Å²) in [6.45, 7) is 2.71. The van der Waals surface area contributed by atoms with E-state index < -0.39 is 72.7 Å². The van der Waals surface area contributed by atoms with Crippen LogP contribution >= 0.6 is 0 Å². The Labute approximate surface area is 191 Å². The summed E-state index contributed by atoms with van der Waals surface area (Å²) in [7, 11) is 0. The molecular formula is C21H31N5O7. The second-order valence-electron chi connectivity index (χ2n) is 7.84. The molecule has 0 saturated heterocycles. The van der Waals surface area contributed by atoms with Gasteiger partial charge in [0, 0.05) is 6.42 Å². The molecule has 1 aromatic carbocycles. The average Bonchev–Trinajstić information content (AvgIpc) is 2.75. The number of aliphatic hydroxyl groups excluding tert-OH is 1. The molecule has 0 radical (unpaired) electrons. The summed E-state index contributed by atoms with van der Waals surface area (Å²) in [6.07, 6.45) is -0.618. The van der Waals surface area contributed by atoms with Gasteiger partial charge in [-0.1, -0.05) is 44.2 Å². The predicted octanol–water partition coefficient (Wildman–Crippen LogP) is -2.38. The number of carboxylic acid groups (broad SMARTS) is 1. The van der Waals surface area contributed by atoms with E-state index in [9.17, 15) is 29.1 Å². The van der Waals surface area contributed by atoms with E-state index >= 15 is 0 Å². The van der Waals surface area contributed by atoms with Gasteiger partial charge < -0.3 is 37.6 Å². The highest BCUT2D eigenvalue weighted by atomic mass is 16.4. The second kappa shape index (κ2) is 13.1. The van der Waals surface area contributed by atoms with E-state index in [1.54, 1.807) is 44.2 Å². The van der Waals surface area contributed by atoms with Gasteiger partial charge in [-0.25, -0.2) is 4.79 Å². The standard InChI is InChI=1S/C21H31N5O7/c1-11(2)17(26-18(29)13(22)10-27)20(31)24-14(8-12-6-4-3-5-7-12)19(30)25-15(21(32)33)9-16(23)28/h3-7,11,13-15,17,27H,8-10,22H2,1-2H3,(H2,23,28)(H,24,31)(H,25,30)(H,26,29)(H,32,33). The normalized spacial score (nSPS) is 14.5. The first kappa shape index (κ1) is 27.5.